The monoisotopic (exact) mass is 261 g/mol. The molecule has 0 radical (unpaired) electrons. The second-order valence-corrected chi connectivity index (χ2v) is 5.00. The molecule has 2 heterocycles. The van der Waals surface area contributed by atoms with Crippen LogP contribution >= 0.6 is 11.6 Å². The van der Waals surface area contributed by atoms with E-state index in [0.29, 0.717) is 5.15 Å². The van der Waals surface area contributed by atoms with E-state index in [0.717, 1.165) is 29.1 Å². The van der Waals surface area contributed by atoms with Gasteiger partial charge >= 0.3 is 0 Å². The van der Waals surface area contributed by atoms with Crippen LogP contribution in [0.5, 0.6) is 0 Å². The van der Waals surface area contributed by atoms with Gasteiger partial charge in [0, 0.05) is 30.3 Å². The van der Waals surface area contributed by atoms with Crippen LogP contribution in [0.4, 0.5) is 0 Å². The lowest BCUT2D eigenvalue weighted by molar-refractivity contribution is 0.756. The summed E-state index contributed by atoms with van der Waals surface area (Å²) in [6.07, 6.45) is 4.36. The molecule has 0 aliphatic heterocycles. The quantitative estimate of drug-likeness (QED) is 0.793. The number of halogens is 1. The summed E-state index contributed by atoms with van der Waals surface area (Å²) in [6.45, 7) is 6.09. The van der Waals surface area contributed by atoms with Crippen molar-refractivity contribution in [1.29, 1.82) is 0 Å². The second-order valence-electron chi connectivity index (χ2n) is 4.64. The van der Waals surface area contributed by atoms with Gasteiger partial charge in [-0.05, 0) is 18.6 Å². The highest BCUT2D eigenvalue weighted by Crippen LogP contribution is 2.21. The van der Waals surface area contributed by atoms with Crippen molar-refractivity contribution in [3.05, 3.63) is 52.3 Å². The molecule has 0 aliphatic rings. The molecule has 0 bridgehead atoms. The molecule has 0 fully saturated rings. The highest BCUT2D eigenvalue weighted by Gasteiger charge is 2.12. The zero-order valence-electron chi connectivity index (χ0n) is 10.8. The lowest BCUT2D eigenvalue weighted by atomic mass is 10.1. The Morgan fingerprint density at radius 3 is 2.67 bits per heavy atom. The normalized spacial score (nSPS) is 10.9. The van der Waals surface area contributed by atoms with E-state index >= 15 is 0 Å². The predicted molar refractivity (Wildman–Crippen MR) is 72.9 cm³/mol. The molecule has 0 atom stereocenters. The predicted octanol–water partition coefficient (Wildman–Crippen LogP) is 3.55. The van der Waals surface area contributed by atoms with Gasteiger partial charge in [0.05, 0.1) is 5.69 Å². The Kier molecular flexibility index (Phi) is 3.92. The molecular formula is C14H16ClN3. The first kappa shape index (κ1) is 13.0. The van der Waals surface area contributed by atoms with E-state index in [-0.39, 0.29) is 5.92 Å². The topological polar surface area (TPSA) is 38.7 Å². The molecule has 3 nitrogen and oxygen atoms in total. The molecule has 2 aromatic rings. The minimum atomic E-state index is 0.274. The Morgan fingerprint density at radius 1 is 1.28 bits per heavy atom. The molecule has 0 saturated heterocycles. The molecule has 2 rings (SSSR count). The SMILES string of the molecule is Cc1c(Cl)nc(C(C)C)nc1Cc1cccnc1. The second kappa shape index (κ2) is 5.44. The third-order valence-electron chi connectivity index (χ3n) is 2.82. The standard InChI is InChI=1S/C14H16ClN3/c1-9(2)14-17-12(10(3)13(15)18-14)7-11-5-4-6-16-8-11/h4-6,8-9H,7H2,1-3H3. The molecule has 4 heteroatoms. The summed E-state index contributed by atoms with van der Waals surface area (Å²) in [5, 5.41) is 0.549. The van der Waals surface area contributed by atoms with Gasteiger partial charge in [-0.2, -0.15) is 0 Å². The summed E-state index contributed by atoms with van der Waals surface area (Å²) in [5.41, 5.74) is 3.06. The highest BCUT2D eigenvalue weighted by atomic mass is 35.5. The summed E-state index contributed by atoms with van der Waals surface area (Å²) in [5.74, 6) is 1.07. The van der Waals surface area contributed by atoms with Gasteiger partial charge in [0.25, 0.3) is 0 Å². The van der Waals surface area contributed by atoms with Crippen molar-refractivity contribution in [2.75, 3.05) is 0 Å². The van der Waals surface area contributed by atoms with Crippen molar-refractivity contribution in [3.63, 3.8) is 0 Å². The van der Waals surface area contributed by atoms with Crippen LogP contribution in [-0.2, 0) is 6.42 Å². The van der Waals surface area contributed by atoms with Crippen LogP contribution < -0.4 is 0 Å². The number of nitrogens with zero attached hydrogens (tertiary/aromatic N) is 3. The van der Waals surface area contributed by atoms with Crippen molar-refractivity contribution in [2.45, 2.75) is 33.1 Å². The van der Waals surface area contributed by atoms with Crippen molar-refractivity contribution >= 4 is 11.6 Å². The van der Waals surface area contributed by atoms with Crippen LogP contribution in [0.25, 0.3) is 0 Å². The molecule has 0 unspecified atom stereocenters. The van der Waals surface area contributed by atoms with Crippen molar-refractivity contribution in [2.24, 2.45) is 0 Å². The third-order valence-corrected chi connectivity index (χ3v) is 3.18. The summed E-state index contributed by atoms with van der Waals surface area (Å²) >= 11 is 6.16. The van der Waals surface area contributed by atoms with Crippen LogP contribution in [0.1, 0.15) is 42.4 Å². The van der Waals surface area contributed by atoms with E-state index in [2.05, 4.69) is 28.8 Å². The Bertz CT molecular complexity index is 538. The van der Waals surface area contributed by atoms with E-state index < -0.39 is 0 Å². The lowest BCUT2D eigenvalue weighted by Crippen LogP contribution is -2.05. The van der Waals surface area contributed by atoms with Gasteiger partial charge in [-0.3, -0.25) is 4.98 Å². The molecule has 0 aromatic carbocycles. The highest BCUT2D eigenvalue weighted by molar-refractivity contribution is 6.30. The van der Waals surface area contributed by atoms with Gasteiger partial charge in [-0.1, -0.05) is 31.5 Å². The van der Waals surface area contributed by atoms with Gasteiger partial charge in [0.1, 0.15) is 11.0 Å². The summed E-state index contributed by atoms with van der Waals surface area (Å²) < 4.78 is 0. The minimum absolute atomic E-state index is 0.274. The van der Waals surface area contributed by atoms with Crippen LogP contribution in [0, 0.1) is 6.92 Å². The fourth-order valence-electron chi connectivity index (χ4n) is 1.68. The molecule has 0 saturated carbocycles. The van der Waals surface area contributed by atoms with E-state index in [4.69, 9.17) is 11.6 Å². The number of hydrogen-bond acceptors (Lipinski definition) is 3. The van der Waals surface area contributed by atoms with Gasteiger partial charge < -0.3 is 0 Å². The number of hydrogen-bond donors (Lipinski definition) is 0. The summed E-state index contributed by atoms with van der Waals surface area (Å²) in [4.78, 5) is 13.0. The molecule has 0 spiro atoms. The van der Waals surface area contributed by atoms with Gasteiger partial charge in [-0.25, -0.2) is 9.97 Å². The minimum Gasteiger partial charge on any atom is -0.264 e. The van der Waals surface area contributed by atoms with Crippen molar-refractivity contribution < 1.29 is 0 Å². The van der Waals surface area contributed by atoms with E-state index in [1.165, 1.54) is 0 Å². The van der Waals surface area contributed by atoms with Crippen LogP contribution in [0.3, 0.4) is 0 Å². The Balaban J connectivity index is 2.38. The molecule has 0 N–H and O–H groups in total. The first-order chi connectivity index (χ1) is 8.58. The number of rotatable bonds is 3. The van der Waals surface area contributed by atoms with E-state index in [9.17, 15) is 0 Å². The third kappa shape index (κ3) is 2.85. The smallest absolute Gasteiger partial charge is 0.135 e. The van der Waals surface area contributed by atoms with Crippen LogP contribution in [-0.4, -0.2) is 15.0 Å². The lowest BCUT2D eigenvalue weighted by Gasteiger charge is -2.11. The zero-order chi connectivity index (χ0) is 13.1. The van der Waals surface area contributed by atoms with Crippen molar-refractivity contribution in [1.82, 2.24) is 15.0 Å². The molecule has 94 valence electrons. The fraction of sp³-hybridized carbons (Fsp3) is 0.357. The molecule has 18 heavy (non-hydrogen) atoms. The maximum absolute atomic E-state index is 6.16. The average Bonchev–Trinajstić information content (AvgIpc) is 2.35. The van der Waals surface area contributed by atoms with E-state index in [1.807, 2.05) is 25.3 Å². The Morgan fingerprint density at radius 2 is 2.06 bits per heavy atom. The number of pyridine rings is 1. The summed E-state index contributed by atoms with van der Waals surface area (Å²) in [7, 11) is 0. The Hall–Kier alpha value is -1.48. The first-order valence-electron chi connectivity index (χ1n) is 5.99. The largest absolute Gasteiger partial charge is 0.264 e. The zero-order valence-corrected chi connectivity index (χ0v) is 11.6. The van der Waals surface area contributed by atoms with Gasteiger partial charge in [0.15, 0.2) is 0 Å². The molecule has 0 amide bonds. The molecular weight excluding hydrogens is 246 g/mol. The average molecular weight is 262 g/mol. The Labute approximate surface area is 112 Å². The van der Waals surface area contributed by atoms with Gasteiger partial charge in [-0.15, -0.1) is 0 Å². The summed E-state index contributed by atoms with van der Waals surface area (Å²) in [6, 6.07) is 3.97. The van der Waals surface area contributed by atoms with Gasteiger partial charge in [0.2, 0.25) is 0 Å². The maximum atomic E-state index is 6.16. The van der Waals surface area contributed by atoms with E-state index in [1.54, 1.807) is 6.20 Å². The maximum Gasteiger partial charge on any atom is 0.135 e. The van der Waals surface area contributed by atoms with Crippen molar-refractivity contribution in [3.8, 4) is 0 Å². The molecule has 0 aliphatic carbocycles. The van der Waals surface area contributed by atoms with Crippen LogP contribution in [0.2, 0.25) is 5.15 Å². The molecule has 2 aromatic heterocycles. The number of aromatic nitrogens is 3. The fourth-order valence-corrected chi connectivity index (χ4v) is 1.87. The van der Waals surface area contributed by atoms with Crippen LogP contribution in [0.15, 0.2) is 24.5 Å². The first-order valence-corrected chi connectivity index (χ1v) is 6.37.